The van der Waals surface area contributed by atoms with Crippen LogP contribution in [0.2, 0.25) is 0 Å². The topological polar surface area (TPSA) is 61.6 Å². The number of rotatable bonds is 7. The fourth-order valence-electron chi connectivity index (χ4n) is 3.06. The van der Waals surface area contributed by atoms with Gasteiger partial charge in [0.2, 0.25) is 5.91 Å². The van der Waals surface area contributed by atoms with Gasteiger partial charge in [0.15, 0.2) is 0 Å². The number of hydrogen-bond acceptors (Lipinski definition) is 4. The highest BCUT2D eigenvalue weighted by Crippen LogP contribution is 2.18. The Bertz CT molecular complexity index is 313. The maximum absolute atomic E-state index is 11.7. The summed E-state index contributed by atoms with van der Waals surface area (Å²) in [5.41, 5.74) is 4.96. The highest BCUT2D eigenvalue weighted by atomic mass is 16.1. The zero-order valence-corrected chi connectivity index (χ0v) is 13.8. The molecular formula is C15H32N4O. The van der Waals surface area contributed by atoms with Crippen LogP contribution in [-0.2, 0) is 4.79 Å². The van der Waals surface area contributed by atoms with Crippen molar-refractivity contribution in [1.82, 2.24) is 15.1 Å². The van der Waals surface area contributed by atoms with E-state index in [9.17, 15) is 4.79 Å². The van der Waals surface area contributed by atoms with Crippen molar-refractivity contribution in [3.05, 3.63) is 0 Å². The number of nitrogens with zero attached hydrogens (tertiary/aromatic N) is 2. The van der Waals surface area contributed by atoms with Crippen molar-refractivity contribution in [3.63, 3.8) is 0 Å². The molecule has 0 aliphatic carbocycles. The molecule has 1 amide bonds. The number of carbonyl (C=O) groups excluding carboxylic acids is 1. The molecule has 1 aliphatic rings. The van der Waals surface area contributed by atoms with E-state index in [1.54, 1.807) is 0 Å². The van der Waals surface area contributed by atoms with Gasteiger partial charge in [-0.25, -0.2) is 0 Å². The van der Waals surface area contributed by atoms with E-state index < -0.39 is 5.54 Å². The molecule has 1 saturated heterocycles. The number of nitrogens with two attached hydrogens (primary N) is 1. The number of piperazine rings is 1. The molecule has 0 spiro atoms. The molecule has 1 rings (SSSR count). The molecule has 2 unspecified atom stereocenters. The molecule has 5 heteroatoms. The van der Waals surface area contributed by atoms with Crippen LogP contribution in [0.25, 0.3) is 0 Å². The molecule has 118 valence electrons. The Morgan fingerprint density at radius 3 is 2.10 bits per heavy atom. The average molecular weight is 284 g/mol. The first-order chi connectivity index (χ1) is 9.30. The molecule has 0 radical (unpaired) electrons. The quantitative estimate of drug-likeness (QED) is 0.720. The number of nitrogens with one attached hydrogen (secondary N) is 1. The molecule has 1 aliphatic heterocycles. The Morgan fingerprint density at radius 2 is 1.70 bits per heavy atom. The highest BCUT2D eigenvalue weighted by Gasteiger charge is 2.34. The molecule has 20 heavy (non-hydrogen) atoms. The van der Waals surface area contributed by atoms with Crippen molar-refractivity contribution in [2.24, 2.45) is 5.73 Å². The summed E-state index contributed by atoms with van der Waals surface area (Å²) in [6.07, 6.45) is 0.762. The van der Waals surface area contributed by atoms with Crippen molar-refractivity contribution in [2.75, 3.05) is 32.7 Å². The molecule has 0 aromatic heterocycles. The van der Waals surface area contributed by atoms with Gasteiger partial charge in [0.1, 0.15) is 0 Å². The molecule has 5 nitrogen and oxygen atoms in total. The lowest BCUT2D eigenvalue weighted by atomic mass is 9.91. The zero-order valence-electron chi connectivity index (χ0n) is 13.8. The lowest BCUT2D eigenvalue weighted by Gasteiger charge is -2.42. The van der Waals surface area contributed by atoms with Crippen LogP contribution in [-0.4, -0.2) is 66.1 Å². The first-order valence-electron chi connectivity index (χ1n) is 7.83. The van der Waals surface area contributed by atoms with Crippen LogP contribution in [0, 0.1) is 0 Å². The molecule has 3 N–H and O–H groups in total. The number of carbonyl (C=O) groups is 1. The van der Waals surface area contributed by atoms with E-state index in [1.165, 1.54) is 0 Å². The maximum Gasteiger partial charge on any atom is 0.237 e. The fraction of sp³-hybridized carbons (Fsp3) is 0.933. The van der Waals surface area contributed by atoms with Crippen molar-refractivity contribution < 1.29 is 4.79 Å². The SMILES string of the molecule is CCNC(C)(CC(C)N1CCN(C(C)C)CC1)C(N)=O. The number of amides is 1. The predicted octanol–water partition coefficient (Wildman–Crippen LogP) is 0.645. The Morgan fingerprint density at radius 1 is 1.20 bits per heavy atom. The summed E-state index contributed by atoms with van der Waals surface area (Å²) in [4.78, 5) is 16.7. The third-order valence-corrected chi connectivity index (χ3v) is 4.52. The summed E-state index contributed by atoms with van der Waals surface area (Å²) in [5, 5.41) is 3.24. The lowest BCUT2D eigenvalue weighted by Crippen LogP contribution is -2.58. The fourth-order valence-corrected chi connectivity index (χ4v) is 3.06. The van der Waals surface area contributed by atoms with Crippen molar-refractivity contribution >= 4 is 5.91 Å². The average Bonchev–Trinajstić information content (AvgIpc) is 2.38. The predicted molar refractivity (Wildman–Crippen MR) is 83.6 cm³/mol. The molecule has 0 bridgehead atoms. The van der Waals surface area contributed by atoms with Crippen molar-refractivity contribution in [1.29, 1.82) is 0 Å². The Balaban J connectivity index is 2.54. The van der Waals surface area contributed by atoms with Crippen LogP contribution in [0.3, 0.4) is 0 Å². The molecule has 1 heterocycles. The highest BCUT2D eigenvalue weighted by molar-refractivity contribution is 5.84. The minimum atomic E-state index is -0.608. The first-order valence-corrected chi connectivity index (χ1v) is 7.83. The van der Waals surface area contributed by atoms with Crippen LogP contribution >= 0.6 is 0 Å². The van der Waals surface area contributed by atoms with E-state index in [0.29, 0.717) is 12.1 Å². The molecule has 0 aromatic carbocycles. The van der Waals surface area contributed by atoms with Gasteiger partial charge in [-0.1, -0.05) is 6.92 Å². The van der Waals surface area contributed by atoms with E-state index in [-0.39, 0.29) is 5.91 Å². The van der Waals surface area contributed by atoms with Gasteiger partial charge in [-0.3, -0.25) is 14.6 Å². The second-order valence-electron chi connectivity index (χ2n) is 6.45. The van der Waals surface area contributed by atoms with E-state index in [0.717, 1.165) is 39.1 Å². The van der Waals surface area contributed by atoms with Gasteiger partial charge in [0, 0.05) is 38.3 Å². The third-order valence-electron chi connectivity index (χ3n) is 4.52. The van der Waals surface area contributed by atoms with Crippen LogP contribution < -0.4 is 11.1 Å². The first kappa shape index (κ1) is 17.4. The summed E-state index contributed by atoms with van der Waals surface area (Å²) in [5.74, 6) is -0.257. The second-order valence-corrected chi connectivity index (χ2v) is 6.45. The molecular weight excluding hydrogens is 252 g/mol. The Kier molecular flexibility index (Phi) is 6.43. The summed E-state index contributed by atoms with van der Waals surface area (Å²) in [6, 6.07) is 0.978. The van der Waals surface area contributed by atoms with Crippen LogP contribution in [0.1, 0.15) is 41.0 Å². The molecule has 0 aromatic rings. The standard InChI is InChI=1S/C15H32N4O/c1-6-17-15(5,14(16)20)11-13(4)19-9-7-18(8-10-19)12(2)3/h12-13,17H,6-11H2,1-5H3,(H2,16,20). The van der Waals surface area contributed by atoms with E-state index >= 15 is 0 Å². The molecule has 1 fully saturated rings. The largest absolute Gasteiger partial charge is 0.368 e. The van der Waals surface area contributed by atoms with Crippen LogP contribution in [0.4, 0.5) is 0 Å². The van der Waals surface area contributed by atoms with Crippen molar-refractivity contribution in [2.45, 2.75) is 58.7 Å². The van der Waals surface area contributed by atoms with Gasteiger partial charge in [-0.15, -0.1) is 0 Å². The number of primary amides is 1. The molecule has 2 atom stereocenters. The van der Waals surface area contributed by atoms with E-state index in [1.807, 2.05) is 13.8 Å². The maximum atomic E-state index is 11.7. The lowest BCUT2D eigenvalue weighted by molar-refractivity contribution is -0.124. The van der Waals surface area contributed by atoms with Gasteiger partial charge >= 0.3 is 0 Å². The van der Waals surface area contributed by atoms with Gasteiger partial charge in [-0.05, 0) is 40.7 Å². The normalized spacial score (nSPS) is 22.7. The van der Waals surface area contributed by atoms with E-state index in [4.69, 9.17) is 5.73 Å². The van der Waals surface area contributed by atoms with Gasteiger partial charge in [0.05, 0.1) is 5.54 Å². The van der Waals surface area contributed by atoms with Gasteiger partial charge in [0.25, 0.3) is 0 Å². The molecule has 0 saturated carbocycles. The Hall–Kier alpha value is -0.650. The summed E-state index contributed by atoms with van der Waals surface area (Å²) < 4.78 is 0. The zero-order chi connectivity index (χ0) is 15.3. The van der Waals surface area contributed by atoms with Crippen molar-refractivity contribution in [3.8, 4) is 0 Å². The summed E-state index contributed by atoms with van der Waals surface area (Å²) in [6.45, 7) is 15.7. The summed E-state index contributed by atoms with van der Waals surface area (Å²) >= 11 is 0. The third kappa shape index (κ3) is 4.43. The van der Waals surface area contributed by atoms with Crippen LogP contribution in [0.5, 0.6) is 0 Å². The van der Waals surface area contributed by atoms with Crippen LogP contribution in [0.15, 0.2) is 0 Å². The Labute approximate surface area is 123 Å². The summed E-state index contributed by atoms with van der Waals surface area (Å²) in [7, 11) is 0. The van der Waals surface area contributed by atoms with Gasteiger partial charge < -0.3 is 11.1 Å². The number of likely N-dealkylation sites (N-methyl/N-ethyl adjacent to an activating group) is 1. The minimum absolute atomic E-state index is 0.257. The van der Waals surface area contributed by atoms with E-state index in [2.05, 4.69) is 35.9 Å². The smallest absolute Gasteiger partial charge is 0.237 e. The minimum Gasteiger partial charge on any atom is -0.368 e. The monoisotopic (exact) mass is 284 g/mol. The second kappa shape index (κ2) is 7.38. The number of hydrogen-bond donors (Lipinski definition) is 2. The van der Waals surface area contributed by atoms with Gasteiger partial charge in [-0.2, -0.15) is 0 Å².